The molecule has 0 saturated carbocycles. The Balaban J connectivity index is 1.37. The highest BCUT2D eigenvalue weighted by Crippen LogP contribution is 2.15. The number of carbonyl (C=O) groups is 2. The van der Waals surface area contributed by atoms with Crippen LogP contribution in [0.4, 0.5) is 0 Å². The molecule has 1 saturated heterocycles. The van der Waals surface area contributed by atoms with Crippen molar-refractivity contribution in [3.8, 4) is 5.75 Å². The van der Waals surface area contributed by atoms with Gasteiger partial charge in [0.2, 0.25) is 5.91 Å². The summed E-state index contributed by atoms with van der Waals surface area (Å²) in [5, 5.41) is 0. The largest absolute Gasteiger partial charge is 0.497 e. The van der Waals surface area contributed by atoms with E-state index in [2.05, 4.69) is 12.1 Å². The number of rotatable bonds is 9. The van der Waals surface area contributed by atoms with Crippen LogP contribution in [0.15, 0.2) is 54.6 Å². The van der Waals surface area contributed by atoms with Crippen LogP contribution in [-0.4, -0.2) is 61.0 Å². The maximum Gasteiger partial charge on any atom is 0.251 e. The first kappa shape index (κ1) is 22.8. The highest BCUT2D eigenvalue weighted by atomic mass is 16.5. The number of carbonyl (C=O) groups excluding carboxylic acids is 2. The number of hydrogen-bond acceptors (Lipinski definition) is 4. The Morgan fingerprint density at radius 2 is 1.61 bits per heavy atom. The molecule has 166 valence electrons. The van der Waals surface area contributed by atoms with Gasteiger partial charge in [-0.15, -0.1) is 0 Å². The molecule has 0 N–H and O–H groups in total. The Bertz CT molecular complexity index is 848. The molecule has 0 bridgehead atoms. The second-order valence-electron chi connectivity index (χ2n) is 7.85. The zero-order valence-corrected chi connectivity index (χ0v) is 18.5. The lowest BCUT2D eigenvalue weighted by molar-refractivity contribution is -0.148. The van der Waals surface area contributed by atoms with E-state index in [0.717, 1.165) is 24.2 Å². The van der Waals surface area contributed by atoms with E-state index in [0.29, 0.717) is 39.2 Å². The molecular formula is C25H32N2O4. The van der Waals surface area contributed by atoms with Crippen LogP contribution in [0.1, 0.15) is 30.9 Å². The fourth-order valence-corrected chi connectivity index (χ4v) is 3.73. The van der Waals surface area contributed by atoms with Crippen LogP contribution >= 0.6 is 0 Å². The number of amides is 2. The van der Waals surface area contributed by atoms with E-state index in [9.17, 15) is 9.59 Å². The minimum absolute atomic E-state index is 0.0286. The van der Waals surface area contributed by atoms with Crippen LogP contribution < -0.4 is 4.74 Å². The summed E-state index contributed by atoms with van der Waals surface area (Å²) < 4.78 is 11.0. The van der Waals surface area contributed by atoms with Crippen molar-refractivity contribution in [3.63, 3.8) is 0 Å². The van der Waals surface area contributed by atoms with E-state index < -0.39 is 6.10 Å². The molecule has 0 aromatic heterocycles. The number of hydrogen-bond donors (Lipinski definition) is 0. The Labute approximate surface area is 184 Å². The van der Waals surface area contributed by atoms with Gasteiger partial charge in [0.1, 0.15) is 11.9 Å². The Morgan fingerprint density at radius 1 is 0.935 bits per heavy atom. The molecule has 6 nitrogen and oxygen atoms in total. The molecule has 1 aliphatic rings. The molecule has 1 aliphatic heterocycles. The number of aryl methyl sites for hydroxylation is 1. The molecule has 1 heterocycles. The van der Waals surface area contributed by atoms with E-state index in [1.54, 1.807) is 18.9 Å². The van der Waals surface area contributed by atoms with Crippen molar-refractivity contribution in [1.82, 2.24) is 9.80 Å². The minimum Gasteiger partial charge on any atom is -0.497 e. The highest BCUT2D eigenvalue weighted by molar-refractivity contribution is 5.81. The maximum atomic E-state index is 12.7. The first-order valence-electron chi connectivity index (χ1n) is 10.9. The zero-order valence-electron chi connectivity index (χ0n) is 18.5. The van der Waals surface area contributed by atoms with Gasteiger partial charge in [0.15, 0.2) is 0 Å². The van der Waals surface area contributed by atoms with Crippen molar-refractivity contribution in [1.29, 1.82) is 0 Å². The second-order valence-corrected chi connectivity index (χ2v) is 7.85. The zero-order chi connectivity index (χ0) is 22.1. The third-order valence-corrected chi connectivity index (χ3v) is 5.62. The van der Waals surface area contributed by atoms with Crippen molar-refractivity contribution in [2.24, 2.45) is 0 Å². The van der Waals surface area contributed by atoms with E-state index in [1.165, 1.54) is 5.56 Å². The summed E-state index contributed by atoms with van der Waals surface area (Å²) in [6.07, 6.45) is 1.77. The van der Waals surface area contributed by atoms with Crippen molar-refractivity contribution in [2.75, 3.05) is 33.3 Å². The summed E-state index contributed by atoms with van der Waals surface area (Å²) in [6, 6.07) is 17.9. The molecule has 3 rings (SSSR count). The fraction of sp³-hybridized carbons (Fsp3) is 0.440. The van der Waals surface area contributed by atoms with E-state index in [1.807, 2.05) is 47.4 Å². The van der Waals surface area contributed by atoms with E-state index in [4.69, 9.17) is 9.47 Å². The summed E-state index contributed by atoms with van der Waals surface area (Å²) in [5.41, 5.74) is 2.22. The number of piperazine rings is 1. The molecule has 0 aliphatic carbocycles. The summed E-state index contributed by atoms with van der Waals surface area (Å²) >= 11 is 0. The van der Waals surface area contributed by atoms with Crippen LogP contribution in [0.3, 0.4) is 0 Å². The summed E-state index contributed by atoms with van der Waals surface area (Å²) in [4.78, 5) is 28.9. The normalized spacial score (nSPS) is 14.9. The number of nitrogens with zero attached hydrogens (tertiary/aromatic N) is 2. The monoisotopic (exact) mass is 424 g/mol. The van der Waals surface area contributed by atoms with Crippen LogP contribution in [0.5, 0.6) is 5.75 Å². The Morgan fingerprint density at radius 3 is 2.32 bits per heavy atom. The van der Waals surface area contributed by atoms with Crippen LogP contribution in [-0.2, 0) is 27.4 Å². The van der Waals surface area contributed by atoms with Crippen LogP contribution in [0.25, 0.3) is 0 Å². The van der Waals surface area contributed by atoms with Gasteiger partial charge in [-0.3, -0.25) is 9.59 Å². The number of ether oxygens (including phenoxy) is 2. The molecular weight excluding hydrogens is 392 g/mol. The first-order valence-corrected chi connectivity index (χ1v) is 10.9. The predicted molar refractivity (Wildman–Crippen MR) is 120 cm³/mol. The third-order valence-electron chi connectivity index (χ3n) is 5.62. The number of methoxy groups -OCH3 is 1. The lowest BCUT2D eigenvalue weighted by Gasteiger charge is -2.36. The maximum absolute atomic E-state index is 12.7. The van der Waals surface area contributed by atoms with Crippen LogP contribution in [0, 0.1) is 0 Å². The lowest BCUT2D eigenvalue weighted by Crippen LogP contribution is -2.52. The SMILES string of the molecule is COc1cccc(COC(C)C(=O)N2CCN(C(=O)CCCc3ccccc3)CC2)c1. The molecule has 6 heteroatoms. The second kappa shape index (κ2) is 11.5. The molecule has 1 atom stereocenters. The molecule has 1 fully saturated rings. The Kier molecular flexibility index (Phi) is 8.47. The van der Waals surface area contributed by atoms with Crippen molar-refractivity contribution in [3.05, 3.63) is 65.7 Å². The average Bonchev–Trinajstić information content (AvgIpc) is 2.83. The molecule has 2 aromatic carbocycles. The van der Waals surface area contributed by atoms with Gasteiger partial charge in [-0.05, 0) is 43.0 Å². The standard InChI is InChI=1S/C25H32N2O4/c1-20(31-19-22-11-6-12-23(18-22)30-2)25(29)27-16-14-26(15-17-27)24(28)13-7-10-21-8-4-3-5-9-21/h3-6,8-9,11-12,18,20H,7,10,13-17,19H2,1-2H3. The predicted octanol–water partition coefficient (Wildman–Crippen LogP) is 3.29. The van der Waals surface area contributed by atoms with Crippen molar-refractivity contribution >= 4 is 11.8 Å². The summed E-state index contributed by atoms with van der Waals surface area (Å²) in [7, 11) is 1.62. The van der Waals surface area contributed by atoms with E-state index in [-0.39, 0.29) is 11.8 Å². The van der Waals surface area contributed by atoms with Gasteiger partial charge < -0.3 is 19.3 Å². The van der Waals surface area contributed by atoms with Gasteiger partial charge in [-0.2, -0.15) is 0 Å². The first-order chi connectivity index (χ1) is 15.1. The fourth-order valence-electron chi connectivity index (χ4n) is 3.73. The topological polar surface area (TPSA) is 59.1 Å². The van der Waals surface area contributed by atoms with Gasteiger partial charge in [-0.25, -0.2) is 0 Å². The molecule has 2 amide bonds. The van der Waals surface area contributed by atoms with Gasteiger partial charge in [-0.1, -0.05) is 42.5 Å². The van der Waals surface area contributed by atoms with Crippen molar-refractivity contribution < 1.29 is 19.1 Å². The summed E-state index contributed by atoms with van der Waals surface area (Å²) in [6.45, 7) is 4.40. The third kappa shape index (κ3) is 6.82. The van der Waals surface area contributed by atoms with E-state index >= 15 is 0 Å². The lowest BCUT2D eigenvalue weighted by atomic mass is 10.1. The molecule has 1 unspecified atom stereocenters. The molecule has 2 aromatic rings. The quantitative estimate of drug-likeness (QED) is 0.620. The number of benzene rings is 2. The molecule has 0 spiro atoms. The smallest absolute Gasteiger partial charge is 0.251 e. The Hall–Kier alpha value is -2.86. The van der Waals surface area contributed by atoms with Gasteiger partial charge >= 0.3 is 0 Å². The highest BCUT2D eigenvalue weighted by Gasteiger charge is 2.27. The molecule has 0 radical (unpaired) electrons. The minimum atomic E-state index is -0.528. The van der Waals surface area contributed by atoms with Gasteiger partial charge in [0.05, 0.1) is 13.7 Å². The molecule has 31 heavy (non-hydrogen) atoms. The van der Waals surface area contributed by atoms with Gasteiger partial charge in [0, 0.05) is 32.6 Å². The van der Waals surface area contributed by atoms with Gasteiger partial charge in [0.25, 0.3) is 5.91 Å². The average molecular weight is 425 g/mol. The van der Waals surface area contributed by atoms with Crippen LogP contribution in [0.2, 0.25) is 0 Å². The summed E-state index contributed by atoms with van der Waals surface area (Å²) in [5.74, 6) is 0.911. The van der Waals surface area contributed by atoms with Crippen molar-refractivity contribution in [2.45, 2.75) is 38.9 Å².